The first kappa shape index (κ1) is 11.0. The van der Waals surface area contributed by atoms with E-state index in [2.05, 4.69) is 31.2 Å². The Morgan fingerprint density at radius 1 is 1.11 bits per heavy atom. The summed E-state index contributed by atoms with van der Waals surface area (Å²) < 4.78 is 0. The molecule has 1 nitrogen and oxygen atoms in total. The SMILES string of the molecule is Cc1cccc(C23CC4CC(C2)C(N)C(C4)C3)c1. The Hall–Kier alpha value is -0.820. The van der Waals surface area contributed by atoms with Crippen molar-refractivity contribution in [3.8, 4) is 0 Å². The van der Waals surface area contributed by atoms with Crippen molar-refractivity contribution in [3.05, 3.63) is 35.4 Å². The first-order valence-corrected chi connectivity index (χ1v) is 7.49. The lowest BCUT2D eigenvalue weighted by molar-refractivity contribution is -0.0226. The number of rotatable bonds is 1. The van der Waals surface area contributed by atoms with Gasteiger partial charge in [-0.25, -0.2) is 0 Å². The molecule has 96 valence electrons. The fourth-order valence-electron chi connectivity index (χ4n) is 5.39. The van der Waals surface area contributed by atoms with E-state index in [1.807, 2.05) is 0 Å². The number of hydrogen-bond donors (Lipinski definition) is 1. The molecule has 2 atom stereocenters. The third kappa shape index (κ3) is 1.43. The van der Waals surface area contributed by atoms with E-state index in [0.717, 1.165) is 17.8 Å². The van der Waals surface area contributed by atoms with Gasteiger partial charge in [-0.15, -0.1) is 0 Å². The van der Waals surface area contributed by atoms with Gasteiger partial charge in [-0.1, -0.05) is 29.8 Å². The zero-order valence-corrected chi connectivity index (χ0v) is 11.2. The van der Waals surface area contributed by atoms with Crippen LogP contribution in [-0.4, -0.2) is 6.04 Å². The van der Waals surface area contributed by atoms with Gasteiger partial charge >= 0.3 is 0 Å². The molecule has 2 N–H and O–H groups in total. The van der Waals surface area contributed by atoms with E-state index in [9.17, 15) is 0 Å². The Bertz CT molecular complexity index is 462. The van der Waals surface area contributed by atoms with Crippen LogP contribution in [0.4, 0.5) is 0 Å². The van der Waals surface area contributed by atoms with Gasteiger partial charge in [0.25, 0.3) is 0 Å². The lowest BCUT2D eigenvalue weighted by Crippen LogP contribution is -2.58. The summed E-state index contributed by atoms with van der Waals surface area (Å²) >= 11 is 0. The van der Waals surface area contributed by atoms with Gasteiger partial charge < -0.3 is 5.73 Å². The molecule has 4 aliphatic carbocycles. The van der Waals surface area contributed by atoms with Crippen molar-refractivity contribution in [3.63, 3.8) is 0 Å². The molecule has 0 spiro atoms. The third-order valence-electron chi connectivity index (χ3n) is 5.98. The largest absolute Gasteiger partial charge is 0.327 e. The van der Waals surface area contributed by atoms with Crippen LogP contribution in [0.25, 0.3) is 0 Å². The zero-order valence-electron chi connectivity index (χ0n) is 11.2. The van der Waals surface area contributed by atoms with Crippen LogP contribution in [0.1, 0.15) is 43.2 Å². The summed E-state index contributed by atoms with van der Waals surface area (Å²) in [4.78, 5) is 0. The predicted molar refractivity (Wildman–Crippen MR) is 74.4 cm³/mol. The third-order valence-corrected chi connectivity index (χ3v) is 5.98. The summed E-state index contributed by atoms with van der Waals surface area (Å²) in [6, 6.07) is 9.75. The van der Waals surface area contributed by atoms with Gasteiger partial charge in [0, 0.05) is 6.04 Å². The number of nitrogens with two attached hydrogens (primary N) is 1. The van der Waals surface area contributed by atoms with E-state index >= 15 is 0 Å². The normalized spacial score (nSPS) is 45.4. The van der Waals surface area contributed by atoms with Gasteiger partial charge in [0.1, 0.15) is 0 Å². The molecule has 0 radical (unpaired) electrons. The highest BCUT2D eigenvalue weighted by atomic mass is 14.7. The average molecular weight is 241 g/mol. The highest BCUT2D eigenvalue weighted by molar-refractivity contribution is 5.33. The average Bonchev–Trinajstić information content (AvgIpc) is 2.35. The maximum absolute atomic E-state index is 6.43. The molecule has 18 heavy (non-hydrogen) atoms. The predicted octanol–water partition coefficient (Wildman–Crippen LogP) is 3.40. The van der Waals surface area contributed by atoms with E-state index < -0.39 is 0 Å². The lowest BCUT2D eigenvalue weighted by atomic mass is 9.46. The molecule has 0 heterocycles. The molecule has 4 aliphatic rings. The standard InChI is InChI=1S/C17H23N/c1-11-3-2-4-15(5-11)17-8-12-6-13(9-17)16(18)14(7-12)10-17/h2-5,12-14,16H,6-10,18H2,1H3. The van der Waals surface area contributed by atoms with E-state index in [0.29, 0.717) is 11.5 Å². The van der Waals surface area contributed by atoms with Crippen LogP contribution in [-0.2, 0) is 5.41 Å². The van der Waals surface area contributed by atoms with Crippen LogP contribution in [0.3, 0.4) is 0 Å². The number of aryl methyl sites for hydroxylation is 1. The first-order valence-electron chi connectivity index (χ1n) is 7.49. The van der Waals surface area contributed by atoms with Crippen LogP contribution in [0.2, 0.25) is 0 Å². The zero-order chi connectivity index (χ0) is 12.3. The van der Waals surface area contributed by atoms with Gasteiger partial charge in [0.2, 0.25) is 0 Å². The van der Waals surface area contributed by atoms with Crippen LogP contribution in [0.15, 0.2) is 24.3 Å². The second-order valence-corrected chi connectivity index (χ2v) is 7.20. The molecular weight excluding hydrogens is 218 g/mol. The molecule has 5 rings (SSSR count). The molecule has 1 heteroatoms. The minimum atomic E-state index is 0.485. The van der Waals surface area contributed by atoms with E-state index in [1.165, 1.54) is 37.7 Å². The molecule has 0 amide bonds. The molecule has 4 fully saturated rings. The van der Waals surface area contributed by atoms with E-state index in [-0.39, 0.29) is 0 Å². The Kier molecular flexibility index (Phi) is 2.21. The topological polar surface area (TPSA) is 26.0 Å². The Morgan fingerprint density at radius 3 is 2.50 bits per heavy atom. The lowest BCUT2D eigenvalue weighted by Gasteiger charge is -2.59. The van der Waals surface area contributed by atoms with Crippen molar-refractivity contribution in [2.75, 3.05) is 0 Å². The summed E-state index contributed by atoms with van der Waals surface area (Å²) in [6.07, 6.45) is 6.95. The van der Waals surface area contributed by atoms with Crippen molar-refractivity contribution < 1.29 is 0 Å². The smallest absolute Gasteiger partial charge is 0.00964 e. The molecular formula is C17H23N. The Labute approximate surface area is 110 Å². The van der Waals surface area contributed by atoms with Gasteiger partial charge in [0.15, 0.2) is 0 Å². The van der Waals surface area contributed by atoms with Crippen molar-refractivity contribution >= 4 is 0 Å². The van der Waals surface area contributed by atoms with Crippen LogP contribution in [0, 0.1) is 24.7 Å². The fraction of sp³-hybridized carbons (Fsp3) is 0.647. The summed E-state index contributed by atoms with van der Waals surface area (Å²) in [5.74, 6) is 2.57. The summed E-state index contributed by atoms with van der Waals surface area (Å²) in [7, 11) is 0. The van der Waals surface area contributed by atoms with Crippen molar-refractivity contribution in [1.82, 2.24) is 0 Å². The van der Waals surface area contributed by atoms with Crippen molar-refractivity contribution in [1.29, 1.82) is 0 Å². The molecule has 0 saturated heterocycles. The number of benzene rings is 1. The minimum Gasteiger partial charge on any atom is -0.327 e. The summed E-state index contributed by atoms with van der Waals surface area (Å²) in [5, 5.41) is 0. The van der Waals surface area contributed by atoms with Crippen LogP contribution < -0.4 is 5.73 Å². The second-order valence-electron chi connectivity index (χ2n) is 7.20. The monoisotopic (exact) mass is 241 g/mol. The molecule has 1 aromatic carbocycles. The molecule has 0 aromatic heterocycles. The van der Waals surface area contributed by atoms with Gasteiger partial charge in [-0.3, -0.25) is 0 Å². The molecule has 4 bridgehead atoms. The molecule has 0 aliphatic heterocycles. The van der Waals surface area contributed by atoms with Crippen molar-refractivity contribution in [2.24, 2.45) is 23.5 Å². The molecule has 4 saturated carbocycles. The van der Waals surface area contributed by atoms with E-state index in [1.54, 1.807) is 5.56 Å². The van der Waals surface area contributed by atoms with Gasteiger partial charge in [-0.05, 0) is 67.8 Å². The van der Waals surface area contributed by atoms with Crippen LogP contribution in [0.5, 0.6) is 0 Å². The maximum Gasteiger partial charge on any atom is 0.00964 e. The number of hydrogen-bond acceptors (Lipinski definition) is 1. The summed E-state index contributed by atoms with van der Waals surface area (Å²) in [5.41, 5.74) is 9.93. The molecule has 2 unspecified atom stereocenters. The fourth-order valence-corrected chi connectivity index (χ4v) is 5.39. The minimum absolute atomic E-state index is 0.485. The van der Waals surface area contributed by atoms with E-state index in [4.69, 9.17) is 5.73 Å². The highest BCUT2D eigenvalue weighted by Crippen LogP contribution is 2.60. The quantitative estimate of drug-likeness (QED) is 0.801. The van der Waals surface area contributed by atoms with Crippen molar-refractivity contribution in [2.45, 2.75) is 50.5 Å². The van der Waals surface area contributed by atoms with Gasteiger partial charge in [0.05, 0.1) is 0 Å². The van der Waals surface area contributed by atoms with Crippen LogP contribution >= 0.6 is 0 Å². The Balaban J connectivity index is 1.76. The van der Waals surface area contributed by atoms with Gasteiger partial charge in [-0.2, -0.15) is 0 Å². The summed E-state index contributed by atoms with van der Waals surface area (Å²) in [6.45, 7) is 2.22. The Morgan fingerprint density at radius 2 is 1.83 bits per heavy atom. The maximum atomic E-state index is 6.43. The highest BCUT2D eigenvalue weighted by Gasteiger charge is 2.54. The first-order chi connectivity index (χ1) is 8.66. The second kappa shape index (κ2) is 3.60. The molecule has 1 aromatic rings.